The number of nitrogens with one attached hydrogen (secondary N) is 2. The van der Waals surface area contributed by atoms with Gasteiger partial charge in [0.25, 0.3) is 5.91 Å². The Hall–Kier alpha value is -3.19. The van der Waals surface area contributed by atoms with Gasteiger partial charge in [0, 0.05) is 62.0 Å². The summed E-state index contributed by atoms with van der Waals surface area (Å²) in [5.41, 5.74) is 8.66. The quantitative estimate of drug-likeness (QED) is 0.669. The predicted octanol–water partition coefficient (Wildman–Crippen LogP) is 2.62. The summed E-state index contributed by atoms with van der Waals surface area (Å²) < 4.78 is 7.95. The first-order valence-electron chi connectivity index (χ1n) is 11.3. The minimum absolute atomic E-state index is 0.00151. The fourth-order valence-electron chi connectivity index (χ4n) is 5.50. The molecule has 32 heavy (non-hydrogen) atoms. The Bertz CT molecular complexity index is 1240. The van der Waals surface area contributed by atoms with E-state index in [2.05, 4.69) is 33.3 Å². The topological polar surface area (TPSA) is 81.1 Å². The molecule has 1 spiro atoms. The number of amides is 1. The number of carbonyl (C=O) groups excluding carboxylic acids is 1. The average molecular weight is 430 g/mol. The fourth-order valence-corrected chi connectivity index (χ4v) is 5.50. The molecule has 1 fully saturated rings. The van der Waals surface area contributed by atoms with Crippen LogP contribution in [0.3, 0.4) is 0 Å². The summed E-state index contributed by atoms with van der Waals surface area (Å²) in [6.07, 6.45) is 5.65. The Kier molecular flexibility index (Phi) is 4.21. The van der Waals surface area contributed by atoms with Crippen LogP contribution >= 0.6 is 0 Å². The lowest BCUT2D eigenvalue weighted by Crippen LogP contribution is -2.65. The van der Waals surface area contributed by atoms with Crippen molar-refractivity contribution in [1.82, 2.24) is 25.2 Å². The molecule has 3 aromatic heterocycles. The van der Waals surface area contributed by atoms with Gasteiger partial charge in [-0.15, -0.1) is 0 Å². The molecule has 0 saturated carbocycles. The van der Waals surface area contributed by atoms with E-state index in [9.17, 15) is 4.79 Å². The summed E-state index contributed by atoms with van der Waals surface area (Å²) in [6, 6.07) is 6.05. The minimum Gasteiger partial charge on any atom is -0.475 e. The van der Waals surface area contributed by atoms with Crippen molar-refractivity contribution in [2.45, 2.75) is 38.2 Å². The number of fused-ring (bicyclic) bond motifs is 6. The second kappa shape index (κ2) is 6.90. The molecular formula is C25H27N5O2. The van der Waals surface area contributed by atoms with Gasteiger partial charge in [0.1, 0.15) is 0 Å². The van der Waals surface area contributed by atoms with Gasteiger partial charge in [0.2, 0.25) is 5.88 Å². The molecule has 1 saturated heterocycles. The summed E-state index contributed by atoms with van der Waals surface area (Å²) in [6.45, 7) is 6.49. The van der Waals surface area contributed by atoms with Crippen molar-refractivity contribution in [3.8, 4) is 28.4 Å². The van der Waals surface area contributed by atoms with Crippen molar-refractivity contribution in [3.63, 3.8) is 0 Å². The van der Waals surface area contributed by atoms with Crippen LogP contribution in [0, 0.1) is 0 Å². The molecule has 164 valence electrons. The maximum Gasteiger partial charge on any atom is 0.253 e. The molecule has 7 heteroatoms. The van der Waals surface area contributed by atoms with E-state index in [1.165, 1.54) is 22.4 Å². The Balaban J connectivity index is 1.47. The van der Waals surface area contributed by atoms with Crippen molar-refractivity contribution < 1.29 is 9.53 Å². The molecule has 2 aliphatic heterocycles. The molecule has 1 amide bonds. The summed E-state index contributed by atoms with van der Waals surface area (Å²) in [7, 11) is 2.12. The second-order valence-electron chi connectivity index (χ2n) is 9.45. The zero-order valence-corrected chi connectivity index (χ0v) is 18.7. The van der Waals surface area contributed by atoms with E-state index in [4.69, 9.17) is 9.72 Å². The van der Waals surface area contributed by atoms with Gasteiger partial charge >= 0.3 is 0 Å². The SMILES string of the molecule is CC(C)Oc1ccc(-c2cc3c(cn2)CCc2c4c(n(C)c2-3)C2(CNC2)CNC4=O)cn1. The molecule has 3 aromatic rings. The van der Waals surface area contributed by atoms with Crippen LogP contribution in [-0.4, -0.2) is 46.2 Å². The second-order valence-corrected chi connectivity index (χ2v) is 9.45. The Morgan fingerprint density at radius 1 is 1.12 bits per heavy atom. The van der Waals surface area contributed by atoms with E-state index in [0.717, 1.165) is 48.4 Å². The smallest absolute Gasteiger partial charge is 0.253 e. The lowest BCUT2D eigenvalue weighted by atomic mass is 9.74. The molecule has 6 rings (SSSR count). The van der Waals surface area contributed by atoms with Gasteiger partial charge in [-0.1, -0.05) is 0 Å². The highest BCUT2D eigenvalue weighted by Crippen LogP contribution is 2.45. The number of carbonyl (C=O) groups is 1. The number of nitrogens with zero attached hydrogens (tertiary/aromatic N) is 3. The van der Waals surface area contributed by atoms with E-state index in [0.29, 0.717) is 12.4 Å². The zero-order valence-electron chi connectivity index (χ0n) is 18.7. The van der Waals surface area contributed by atoms with Crippen LogP contribution in [0.1, 0.15) is 41.0 Å². The monoisotopic (exact) mass is 429 g/mol. The van der Waals surface area contributed by atoms with Crippen LogP contribution in [0.25, 0.3) is 22.5 Å². The van der Waals surface area contributed by atoms with Crippen molar-refractivity contribution >= 4 is 5.91 Å². The standard InChI is InChI=1S/C25H27N5O2/c1-14(2)32-20-7-5-16(10-28-20)19-8-18-15(9-27-19)4-6-17-21-23(30(3)22(17)18)25(11-26-12-25)13-29-24(21)31/h5,7-10,14,26H,4,6,11-13H2,1-3H3,(H,29,31). The third-order valence-corrected chi connectivity index (χ3v) is 7.01. The van der Waals surface area contributed by atoms with Crippen molar-refractivity contribution in [2.75, 3.05) is 19.6 Å². The highest BCUT2D eigenvalue weighted by atomic mass is 16.5. The van der Waals surface area contributed by atoms with Crippen LogP contribution in [0.15, 0.2) is 30.6 Å². The lowest BCUT2D eigenvalue weighted by Gasteiger charge is -2.46. The summed E-state index contributed by atoms with van der Waals surface area (Å²) in [5, 5.41) is 6.56. The molecule has 7 nitrogen and oxygen atoms in total. The number of aryl methyl sites for hydroxylation is 1. The Morgan fingerprint density at radius 3 is 2.66 bits per heavy atom. The van der Waals surface area contributed by atoms with Gasteiger partial charge in [0.15, 0.2) is 0 Å². The number of hydrogen-bond acceptors (Lipinski definition) is 5. The van der Waals surface area contributed by atoms with Gasteiger partial charge in [0.05, 0.1) is 28.5 Å². The van der Waals surface area contributed by atoms with E-state index >= 15 is 0 Å². The molecule has 0 radical (unpaired) electrons. The highest BCUT2D eigenvalue weighted by Gasteiger charge is 2.48. The number of aromatic nitrogens is 3. The van der Waals surface area contributed by atoms with Crippen LogP contribution in [-0.2, 0) is 25.3 Å². The van der Waals surface area contributed by atoms with Crippen LogP contribution in [0.5, 0.6) is 5.88 Å². The third-order valence-electron chi connectivity index (χ3n) is 7.01. The summed E-state index contributed by atoms with van der Waals surface area (Å²) >= 11 is 0. The van der Waals surface area contributed by atoms with Crippen LogP contribution in [0.2, 0.25) is 0 Å². The number of hydrogen-bond donors (Lipinski definition) is 2. The van der Waals surface area contributed by atoms with Crippen LogP contribution in [0.4, 0.5) is 0 Å². The zero-order chi connectivity index (χ0) is 22.0. The molecule has 3 aliphatic rings. The fraction of sp³-hybridized carbons (Fsp3) is 0.400. The molecule has 1 aliphatic carbocycles. The first-order chi connectivity index (χ1) is 15.5. The van der Waals surface area contributed by atoms with Gasteiger partial charge in [-0.2, -0.15) is 0 Å². The minimum atomic E-state index is 0.00151. The van der Waals surface area contributed by atoms with E-state index < -0.39 is 0 Å². The van der Waals surface area contributed by atoms with Gasteiger partial charge in [-0.25, -0.2) is 4.98 Å². The first kappa shape index (κ1) is 19.5. The summed E-state index contributed by atoms with van der Waals surface area (Å²) in [4.78, 5) is 22.1. The first-order valence-corrected chi connectivity index (χ1v) is 11.3. The van der Waals surface area contributed by atoms with Crippen molar-refractivity contribution in [1.29, 1.82) is 0 Å². The molecule has 0 atom stereocenters. The number of ether oxygens (including phenoxy) is 1. The normalized spacial score (nSPS) is 17.9. The predicted molar refractivity (Wildman–Crippen MR) is 122 cm³/mol. The molecule has 2 N–H and O–H groups in total. The van der Waals surface area contributed by atoms with Gasteiger partial charge in [-0.3, -0.25) is 9.78 Å². The number of pyridine rings is 2. The van der Waals surface area contributed by atoms with Crippen LogP contribution < -0.4 is 15.4 Å². The molecular weight excluding hydrogens is 402 g/mol. The third kappa shape index (κ3) is 2.73. The molecule has 0 bridgehead atoms. The molecule has 0 unspecified atom stereocenters. The Morgan fingerprint density at radius 2 is 1.97 bits per heavy atom. The van der Waals surface area contributed by atoms with Gasteiger partial charge in [-0.05, 0) is 49.9 Å². The van der Waals surface area contributed by atoms with Crippen molar-refractivity contribution in [3.05, 3.63) is 53.0 Å². The average Bonchev–Trinajstić information content (AvgIpc) is 3.07. The maximum absolute atomic E-state index is 12.9. The largest absolute Gasteiger partial charge is 0.475 e. The van der Waals surface area contributed by atoms with E-state index in [-0.39, 0.29) is 17.4 Å². The highest BCUT2D eigenvalue weighted by molar-refractivity contribution is 6.01. The summed E-state index contributed by atoms with van der Waals surface area (Å²) in [5.74, 6) is 0.682. The van der Waals surface area contributed by atoms with Crippen molar-refractivity contribution in [2.24, 2.45) is 7.05 Å². The lowest BCUT2D eigenvalue weighted by molar-refractivity contribution is 0.0902. The molecule has 5 heterocycles. The van der Waals surface area contributed by atoms with E-state index in [1.807, 2.05) is 38.4 Å². The Labute approximate surface area is 187 Å². The number of rotatable bonds is 3. The molecule has 0 aromatic carbocycles. The van der Waals surface area contributed by atoms with Gasteiger partial charge < -0.3 is 19.9 Å². The maximum atomic E-state index is 12.9. The van der Waals surface area contributed by atoms with E-state index in [1.54, 1.807) is 0 Å².